The van der Waals surface area contributed by atoms with E-state index in [0.29, 0.717) is 25.5 Å². The number of hydrogen-bond donors (Lipinski definition) is 2. The van der Waals surface area contributed by atoms with Gasteiger partial charge in [-0.2, -0.15) is 13.2 Å². The molecule has 1 heterocycles. The van der Waals surface area contributed by atoms with Crippen LogP contribution in [0.2, 0.25) is 0 Å². The minimum Gasteiger partial charge on any atom is -0.314 e. The molecule has 2 atom stereocenters. The van der Waals surface area contributed by atoms with Crippen LogP contribution in [0.25, 0.3) is 0 Å². The van der Waals surface area contributed by atoms with Crippen molar-refractivity contribution in [3.05, 3.63) is 29.8 Å². The van der Waals surface area contributed by atoms with Crippen molar-refractivity contribution in [2.45, 2.75) is 42.9 Å². The fraction of sp³-hybridized carbons (Fsp3) is 0.538. The predicted octanol–water partition coefficient (Wildman–Crippen LogP) is 2.55. The summed E-state index contributed by atoms with van der Waals surface area (Å²) in [6.07, 6.45) is -3.34. The number of alkyl halides is 3. The van der Waals surface area contributed by atoms with Gasteiger partial charge in [-0.05, 0) is 44.5 Å². The zero-order valence-electron chi connectivity index (χ0n) is 11.9. The van der Waals surface area contributed by atoms with E-state index in [1.54, 1.807) is 0 Å². The van der Waals surface area contributed by atoms with Crippen LogP contribution in [0.15, 0.2) is 29.2 Å². The largest absolute Gasteiger partial charge is 0.416 e. The van der Waals surface area contributed by atoms with Crippen molar-refractivity contribution in [2.75, 3.05) is 6.54 Å². The number of rotatable bonds is 3. The van der Waals surface area contributed by atoms with Gasteiger partial charge in [-0.3, -0.25) is 0 Å². The van der Waals surface area contributed by atoms with Crippen LogP contribution in [0.3, 0.4) is 0 Å². The number of nitrogens with one attached hydrogen (secondary N) is 2. The lowest BCUT2D eigenvalue weighted by atomic mass is 10.0. The zero-order chi connectivity index (χ0) is 15.7. The molecule has 0 aliphatic carbocycles. The highest BCUT2D eigenvalue weighted by Gasteiger charge is 2.32. The molecular formula is C13H18ClF3N2O2S. The van der Waals surface area contributed by atoms with Crippen molar-refractivity contribution in [1.29, 1.82) is 0 Å². The molecule has 1 aromatic carbocycles. The molecule has 0 saturated carbocycles. The molecule has 0 spiro atoms. The molecule has 1 saturated heterocycles. The maximum atomic E-state index is 12.6. The van der Waals surface area contributed by atoms with Crippen molar-refractivity contribution in [1.82, 2.24) is 10.0 Å². The Hall–Kier alpha value is -0.830. The molecule has 0 amide bonds. The van der Waals surface area contributed by atoms with E-state index in [-0.39, 0.29) is 29.4 Å². The zero-order valence-corrected chi connectivity index (χ0v) is 13.5. The van der Waals surface area contributed by atoms with Gasteiger partial charge in [0.05, 0.1) is 10.5 Å². The first-order valence-corrected chi connectivity index (χ1v) is 8.10. The molecular weight excluding hydrogens is 341 g/mol. The molecule has 22 heavy (non-hydrogen) atoms. The van der Waals surface area contributed by atoms with Crippen molar-refractivity contribution in [3.63, 3.8) is 0 Å². The minimum atomic E-state index is -4.56. The summed E-state index contributed by atoms with van der Waals surface area (Å²) in [5.74, 6) is 0. The van der Waals surface area contributed by atoms with Gasteiger partial charge in [-0.15, -0.1) is 12.4 Å². The summed E-state index contributed by atoms with van der Waals surface area (Å²) in [4.78, 5) is -0.358. The highest BCUT2D eigenvalue weighted by molar-refractivity contribution is 7.89. The monoisotopic (exact) mass is 358 g/mol. The molecule has 0 aromatic heterocycles. The van der Waals surface area contributed by atoms with Crippen LogP contribution in [0.4, 0.5) is 13.2 Å². The normalized spacial score (nSPS) is 22.9. The second kappa shape index (κ2) is 7.16. The van der Waals surface area contributed by atoms with Gasteiger partial charge in [0.2, 0.25) is 10.0 Å². The van der Waals surface area contributed by atoms with Gasteiger partial charge in [0.25, 0.3) is 0 Å². The standard InChI is InChI=1S/C13H17F3N2O2S.ClH/c1-9-7-11(5-6-17-9)18-21(19,20)12-4-2-3-10(8-12)13(14,15)16;/h2-4,8-9,11,17-18H,5-7H2,1H3;1H. The van der Waals surface area contributed by atoms with Crippen LogP contribution >= 0.6 is 12.4 Å². The Morgan fingerprint density at radius 2 is 2.00 bits per heavy atom. The van der Waals surface area contributed by atoms with Crippen LogP contribution < -0.4 is 10.0 Å². The first kappa shape index (κ1) is 19.2. The Morgan fingerprint density at radius 3 is 2.59 bits per heavy atom. The SMILES string of the molecule is CC1CC(NS(=O)(=O)c2cccc(C(F)(F)F)c2)CCN1.Cl. The Balaban J connectivity index is 0.00000242. The number of benzene rings is 1. The maximum absolute atomic E-state index is 12.6. The number of piperidine rings is 1. The molecule has 2 N–H and O–H groups in total. The number of hydrogen-bond acceptors (Lipinski definition) is 3. The van der Waals surface area contributed by atoms with Crippen LogP contribution in [0.5, 0.6) is 0 Å². The molecule has 0 bridgehead atoms. The summed E-state index contributed by atoms with van der Waals surface area (Å²) in [5, 5.41) is 3.18. The van der Waals surface area contributed by atoms with E-state index in [1.165, 1.54) is 6.07 Å². The van der Waals surface area contributed by atoms with E-state index in [0.717, 1.165) is 12.1 Å². The Bertz CT molecular complexity index is 608. The van der Waals surface area contributed by atoms with E-state index >= 15 is 0 Å². The summed E-state index contributed by atoms with van der Waals surface area (Å²) in [6.45, 7) is 2.61. The van der Waals surface area contributed by atoms with Crippen LogP contribution in [-0.2, 0) is 16.2 Å². The summed E-state index contributed by atoms with van der Waals surface area (Å²) in [7, 11) is -3.94. The Kier molecular flexibility index (Phi) is 6.26. The molecule has 1 aromatic rings. The third kappa shape index (κ3) is 4.84. The first-order chi connectivity index (χ1) is 9.68. The molecule has 1 aliphatic heterocycles. The highest BCUT2D eigenvalue weighted by Crippen LogP contribution is 2.30. The van der Waals surface area contributed by atoms with E-state index in [9.17, 15) is 21.6 Å². The highest BCUT2D eigenvalue weighted by atomic mass is 35.5. The van der Waals surface area contributed by atoms with Gasteiger partial charge in [-0.25, -0.2) is 13.1 Å². The molecule has 9 heteroatoms. The third-order valence-corrected chi connectivity index (χ3v) is 4.94. The molecule has 0 radical (unpaired) electrons. The molecule has 126 valence electrons. The lowest BCUT2D eigenvalue weighted by molar-refractivity contribution is -0.137. The second-order valence-corrected chi connectivity index (χ2v) is 6.94. The lowest BCUT2D eigenvalue weighted by Gasteiger charge is -2.28. The topological polar surface area (TPSA) is 58.2 Å². The Morgan fingerprint density at radius 1 is 1.32 bits per heavy atom. The second-order valence-electron chi connectivity index (χ2n) is 5.22. The summed E-state index contributed by atoms with van der Waals surface area (Å²) >= 11 is 0. The summed E-state index contributed by atoms with van der Waals surface area (Å²) < 4.78 is 64.8. The average Bonchev–Trinajstić information content (AvgIpc) is 2.37. The van der Waals surface area contributed by atoms with Gasteiger partial charge in [0.1, 0.15) is 0 Å². The van der Waals surface area contributed by atoms with Crippen LogP contribution in [-0.4, -0.2) is 27.0 Å². The van der Waals surface area contributed by atoms with Gasteiger partial charge in [0, 0.05) is 12.1 Å². The quantitative estimate of drug-likeness (QED) is 0.873. The van der Waals surface area contributed by atoms with Crippen LogP contribution in [0, 0.1) is 0 Å². The maximum Gasteiger partial charge on any atom is 0.416 e. The third-order valence-electron chi connectivity index (χ3n) is 3.42. The smallest absolute Gasteiger partial charge is 0.314 e. The fourth-order valence-electron chi connectivity index (χ4n) is 2.37. The minimum absolute atomic E-state index is 0. The van der Waals surface area contributed by atoms with Gasteiger partial charge >= 0.3 is 6.18 Å². The molecule has 4 nitrogen and oxygen atoms in total. The summed E-state index contributed by atoms with van der Waals surface area (Å²) in [5.41, 5.74) is -0.968. The van der Waals surface area contributed by atoms with E-state index < -0.39 is 21.8 Å². The van der Waals surface area contributed by atoms with E-state index in [2.05, 4.69) is 10.0 Å². The van der Waals surface area contributed by atoms with Crippen molar-refractivity contribution in [3.8, 4) is 0 Å². The summed E-state index contributed by atoms with van der Waals surface area (Å²) in [6, 6.07) is 3.69. The van der Waals surface area contributed by atoms with Crippen molar-refractivity contribution >= 4 is 22.4 Å². The first-order valence-electron chi connectivity index (χ1n) is 6.61. The lowest BCUT2D eigenvalue weighted by Crippen LogP contribution is -2.46. The average molecular weight is 359 g/mol. The van der Waals surface area contributed by atoms with Crippen molar-refractivity contribution in [2.24, 2.45) is 0 Å². The number of sulfonamides is 1. The van der Waals surface area contributed by atoms with Gasteiger partial charge < -0.3 is 5.32 Å². The van der Waals surface area contributed by atoms with Crippen molar-refractivity contribution < 1.29 is 21.6 Å². The molecule has 2 unspecified atom stereocenters. The van der Waals surface area contributed by atoms with E-state index in [1.807, 2.05) is 6.92 Å². The van der Waals surface area contributed by atoms with Crippen LogP contribution in [0.1, 0.15) is 25.3 Å². The predicted molar refractivity (Wildman–Crippen MR) is 79.5 cm³/mol. The Labute approximate surface area is 133 Å². The fourth-order valence-corrected chi connectivity index (χ4v) is 3.69. The van der Waals surface area contributed by atoms with E-state index in [4.69, 9.17) is 0 Å². The molecule has 1 fully saturated rings. The van der Waals surface area contributed by atoms with Gasteiger partial charge in [0.15, 0.2) is 0 Å². The number of halogens is 4. The molecule has 1 aliphatic rings. The molecule has 2 rings (SSSR count). The van der Waals surface area contributed by atoms with Gasteiger partial charge in [-0.1, -0.05) is 6.07 Å².